The zero-order valence-corrected chi connectivity index (χ0v) is 14.8. The summed E-state index contributed by atoms with van der Waals surface area (Å²) in [6.45, 7) is 2.90. The van der Waals surface area contributed by atoms with Crippen molar-refractivity contribution < 1.29 is 9.15 Å². The molecule has 3 rings (SSSR count). The first-order valence-corrected chi connectivity index (χ1v) is 8.40. The molecule has 24 heavy (non-hydrogen) atoms. The first-order chi connectivity index (χ1) is 11.7. The summed E-state index contributed by atoms with van der Waals surface area (Å²) in [6.07, 6.45) is 2.24. The molecule has 2 aromatic heterocycles. The fraction of sp³-hybridized carbons (Fsp3) is 0.235. The fourth-order valence-corrected chi connectivity index (χ4v) is 2.38. The molecule has 2 heterocycles. The van der Waals surface area contributed by atoms with Crippen molar-refractivity contribution in [1.82, 2.24) is 15.0 Å². The highest BCUT2D eigenvalue weighted by Crippen LogP contribution is 2.15. The van der Waals surface area contributed by atoms with Crippen LogP contribution in [0.5, 0.6) is 6.01 Å². The normalized spacial score (nSPS) is 10.6. The molecule has 0 spiro atoms. The van der Waals surface area contributed by atoms with E-state index in [0.717, 1.165) is 15.8 Å². The maximum absolute atomic E-state index is 5.45. The molecule has 0 unspecified atom stereocenters. The third-order valence-electron chi connectivity index (χ3n) is 3.21. The fourth-order valence-electron chi connectivity index (χ4n) is 2.11. The molecule has 1 N–H and O–H groups in total. The highest BCUT2D eigenvalue weighted by molar-refractivity contribution is 9.10. The van der Waals surface area contributed by atoms with Crippen LogP contribution >= 0.6 is 15.9 Å². The first kappa shape index (κ1) is 16.4. The predicted octanol–water partition coefficient (Wildman–Crippen LogP) is 3.83. The zero-order valence-electron chi connectivity index (χ0n) is 13.2. The Morgan fingerprint density at radius 2 is 1.96 bits per heavy atom. The minimum atomic E-state index is 0.321. The van der Waals surface area contributed by atoms with Crippen LogP contribution in [-0.4, -0.2) is 21.6 Å². The number of hydrogen-bond acceptors (Lipinski definition) is 6. The van der Waals surface area contributed by atoms with Gasteiger partial charge in [0.1, 0.15) is 11.6 Å². The Labute approximate surface area is 148 Å². The molecule has 0 atom stereocenters. The van der Waals surface area contributed by atoms with Crippen LogP contribution in [0.15, 0.2) is 51.6 Å². The molecule has 7 heteroatoms. The van der Waals surface area contributed by atoms with Gasteiger partial charge in [0.15, 0.2) is 0 Å². The summed E-state index contributed by atoms with van der Waals surface area (Å²) in [7, 11) is 0. The number of nitrogens with zero attached hydrogens (tertiary/aromatic N) is 3. The second-order valence-corrected chi connectivity index (χ2v) is 5.94. The van der Waals surface area contributed by atoms with Crippen LogP contribution in [0.3, 0.4) is 0 Å². The van der Waals surface area contributed by atoms with Crippen LogP contribution in [0.25, 0.3) is 0 Å². The molecule has 0 fully saturated rings. The van der Waals surface area contributed by atoms with Gasteiger partial charge in [-0.2, -0.15) is 15.0 Å². The number of furan rings is 1. The van der Waals surface area contributed by atoms with Gasteiger partial charge in [0.05, 0.1) is 19.4 Å². The molecule has 0 saturated carbocycles. The molecular formula is C17H17BrN4O2. The second kappa shape index (κ2) is 7.92. The molecule has 0 aliphatic carbocycles. The van der Waals surface area contributed by atoms with E-state index in [2.05, 4.69) is 36.2 Å². The number of anilines is 1. The Hall–Kier alpha value is -2.41. The third kappa shape index (κ3) is 4.55. The van der Waals surface area contributed by atoms with Gasteiger partial charge >= 0.3 is 6.01 Å². The van der Waals surface area contributed by atoms with Crippen molar-refractivity contribution in [3.63, 3.8) is 0 Å². The molecule has 0 amide bonds. The standard InChI is InChI=1S/C17H17BrN4O2/c1-2-23-17-21-15(10-12-5-7-13(18)8-6-12)20-16(22-17)19-11-14-4-3-9-24-14/h3-9H,2,10-11H2,1H3,(H,19,20,21,22). The van der Waals surface area contributed by atoms with Crippen molar-refractivity contribution in [2.45, 2.75) is 19.9 Å². The van der Waals surface area contributed by atoms with Crippen molar-refractivity contribution in [2.24, 2.45) is 0 Å². The van der Waals surface area contributed by atoms with Gasteiger partial charge in [-0.15, -0.1) is 0 Å². The predicted molar refractivity (Wildman–Crippen MR) is 94.0 cm³/mol. The average Bonchev–Trinajstić information content (AvgIpc) is 3.09. The SMILES string of the molecule is CCOc1nc(Cc2ccc(Br)cc2)nc(NCc2ccco2)n1. The van der Waals surface area contributed by atoms with Crippen LogP contribution in [0, 0.1) is 0 Å². The Morgan fingerprint density at radius 3 is 2.67 bits per heavy atom. The summed E-state index contributed by atoms with van der Waals surface area (Å²) in [4.78, 5) is 13.1. The molecule has 3 aromatic rings. The monoisotopic (exact) mass is 388 g/mol. The molecular weight excluding hydrogens is 372 g/mol. The van der Waals surface area contributed by atoms with Gasteiger partial charge in [0.2, 0.25) is 5.95 Å². The summed E-state index contributed by atoms with van der Waals surface area (Å²) in [5.74, 6) is 1.93. The summed E-state index contributed by atoms with van der Waals surface area (Å²) in [5, 5.41) is 3.14. The van der Waals surface area contributed by atoms with E-state index in [0.29, 0.717) is 37.4 Å². The van der Waals surface area contributed by atoms with Crippen LogP contribution in [0.1, 0.15) is 24.1 Å². The van der Waals surface area contributed by atoms with Crippen LogP contribution in [0.2, 0.25) is 0 Å². The van der Waals surface area contributed by atoms with E-state index in [1.165, 1.54) is 0 Å². The maximum Gasteiger partial charge on any atom is 0.321 e. The van der Waals surface area contributed by atoms with Crippen LogP contribution in [-0.2, 0) is 13.0 Å². The van der Waals surface area contributed by atoms with Gasteiger partial charge in [-0.1, -0.05) is 28.1 Å². The smallest absolute Gasteiger partial charge is 0.321 e. The minimum Gasteiger partial charge on any atom is -0.467 e. The Bertz CT molecular complexity index is 776. The molecule has 0 aliphatic rings. The van der Waals surface area contributed by atoms with E-state index in [4.69, 9.17) is 9.15 Å². The van der Waals surface area contributed by atoms with Crippen molar-refractivity contribution in [1.29, 1.82) is 0 Å². The molecule has 0 bridgehead atoms. The van der Waals surface area contributed by atoms with E-state index in [9.17, 15) is 0 Å². The van der Waals surface area contributed by atoms with Gasteiger partial charge in [-0.3, -0.25) is 0 Å². The second-order valence-electron chi connectivity index (χ2n) is 5.03. The summed E-state index contributed by atoms with van der Waals surface area (Å²) >= 11 is 3.43. The zero-order chi connectivity index (χ0) is 16.8. The van der Waals surface area contributed by atoms with Gasteiger partial charge in [-0.25, -0.2) is 0 Å². The van der Waals surface area contributed by atoms with Gasteiger partial charge in [0.25, 0.3) is 0 Å². The van der Waals surface area contributed by atoms with E-state index < -0.39 is 0 Å². The lowest BCUT2D eigenvalue weighted by Crippen LogP contribution is -2.09. The maximum atomic E-state index is 5.45. The number of aromatic nitrogens is 3. The van der Waals surface area contributed by atoms with Crippen molar-refractivity contribution >= 4 is 21.9 Å². The van der Waals surface area contributed by atoms with E-state index in [1.54, 1.807) is 6.26 Å². The van der Waals surface area contributed by atoms with Gasteiger partial charge in [0, 0.05) is 10.9 Å². The number of halogens is 1. The molecule has 0 saturated heterocycles. The summed E-state index contributed by atoms with van der Waals surface area (Å²) in [5.41, 5.74) is 1.11. The lowest BCUT2D eigenvalue weighted by atomic mass is 10.1. The first-order valence-electron chi connectivity index (χ1n) is 7.61. The van der Waals surface area contributed by atoms with Crippen LogP contribution < -0.4 is 10.1 Å². The Morgan fingerprint density at radius 1 is 1.12 bits per heavy atom. The Kier molecular flexibility index (Phi) is 5.43. The number of ether oxygens (including phenoxy) is 1. The number of hydrogen-bond donors (Lipinski definition) is 1. The molecule has 0 radical (unpaired) electrons. The van der Waals surface area contributed by atoms with E-state index >= 15 is 0 Å². The van der Waals surface area contributed by atoms with E-state index in [-0.39, 0.29) is 0 Å². The third-order valence-corrected chi connectivity index (χ3v) is 3.74. The van der Waals surface area contributed by atoms with Gasteiger partial charge < -0.3 is 14.5 Å². The van der Waals surface area contributed by atoms with Crippen LogP contribution in [0.4, 0.5) is 5.95 Å². The molecule has 1 aromatic carbocycles. The molecule has 124 valence electrons. The minimum absolute atomic E-state index is 0.321. The molecule has 0 aliphatic heterocycles. The number of rotatable bonds is 7. The highest BCUT2D eigenvalue weighted by atomic mass is 79.9. The lowest BCUT2D eigenvalue weighted by molar-refractivity contribution is 0.310. The van der Waals surface area contributed by atoms with Gasteiger partial charge in [-0.05, 0) is 36.8 Å². The average molecular weight is 389 g/mol. The number of benzene rings is 1. The van der Waals surface area contributed by atoms with Crippen molar-refractivity contribution in [2.75, 3.05) is 11.9 Å². The molecule has 6 nitrogen and oxygen atoms in total. The topological polar surface area (TPSA) is 73.1 Å². The quantitative estimate of drug-likeness (QED) is 0.662. The van der Waals surface area contributed by atoms with E-state index in [1.807, 2.05) is 43.3 Å². The summed E-state index contributed by atoms with van der Waals surface area (Å²) < 4.78 is 11.8. The highest BCUT2D eigenvalue weighted by Gasteiger charge is 2.09. The Balaban J connectivity index is 1.77. The lowest BCUT2D eigenvalue weighted by Gasteiger charge is -2.08. The largest absolute Gasteiger partial charge is 0.467 e. The number of nitrogens with one attached hydrogen (secondary N) is 1. The summed E-state index contributed by atoms with van der Waals surface area (Å²) in [6, 6.07) is 12.1. The van der Waals surface area contributed by atoms with Crippen molar-refractivity contribution in [3.05, 3.63) is 64.3 Å². The van der Waals surface area contributed by atoms with Crippen molar-refractivity contribution in [3.8, 4) is 6.01 Å².